The van der Waals surface area contributed by atoms with E-state index in [1.807, 2.05) is 11.3 Å². The largest absolute Gasteiger partial charge is 0.305 e. The molecule has 0 atom stereocenters. The van der Waals surface area contributed by atoms with Crippen molar-refractivity contribution in [1.82, 2.24) is 14.8 Å². The van der Waals surface area contributed by atoms with E-state index in [-0.39, 0.29) is 0 Å². The molecule has 2 heterocycles. The van der Waals surface area contributed by atoms with Crippen LogP contribution in [0.3, 0.4) is 0 Å². The van der Waals surface area contributed by atoms with Crippen LogP contribution in [0.1, 0.15) is 34.4 Å². The maximum Gasteiger partial charge on any atom is 0.191 e. The average Bonchev–Trinajstić information content (AvgIpc) is 3.18. The molecule has 4 rings (SSSR count). The molecule has 0 bridgehead atoms. The molecule has 3 nitrogen and oxygen atoms in total. The van der Waals surface area contributed by atoms with E-state index in [4.69, 9.17) is 0 Å². The number of thiophene rings is 1. The van der Waals surface area contributed by atoms with Crippen LogP contribution < -0.4 is 0 Å². The van der Waals surface area contributed by atoms with Crippen LogP contribution in [-0.2, 0) is 25.6 Å². The standard InChI is InChI=1S/C19H21N3S2/c1-13-7-3-4-8-14(13)11-24-19-21-20-18(22(19)2)16-12-23-17-10-6-5-9-15(16)17/h3-4,7-8,12H,5-6,9-11H2,1-2H3. The Morgan fingerprint density at radius 1 is 1.17 bits per heavy atom. The van der Waals surface area contributed by atoms with Gasteiger partial charge in [-0.3, -0.25) is 0 Å². The van der Waals surface area contributed by atoms with Gasteiger partial charge in [-0.05, 0) is 49.3 Å². The zero-order valence-electron chi connectivity index (χ0n) is 14.1. The van der Waals surface area contributed by atoms with Gasteiger partial charge in [-0.25, -0.2) is 0 Å². The summed E-state index contributed by atoms with van der Waals surface area (Å²) in [5.41, 5.74) is 5.50. The van der Waals surface area contributed by atoms with Gasteiger partial charge in [-0.1, -0.05) is 36.0 Å². The van der Waals surface area contributed by atoms with Crippen molar-refractivity contribution in [1.29, 1.82) is 0 Å². The van der Waals surface area contributed by atoms with Crippen molar-refractivity contribution in [3.05, 3.63) is 51.2 Å². The number of nitrogens with zero attached hydrogens (tertiary/aromatic N) is 3. The minimum Gasteiger partial charge on any atom is -0.305 e. The number of benzene rings is 1. The minimum atomic E-state index is 0.931. The van der Waals surface area contributed by atoms with E-state index >= 15 is 0 Å². The van der Waals surface area contributed by atoms with Crippen molar-refractivity contribution in [2.75, 3.05) is 0 Å². The third-order valence-electron chi connectivity index (χ3n) is 4.76. The van der Waals surface area contributed by atoms with Gasteiger partial charge >= 0.3 is 0 Å². The Kier molecular flexibility index (Phi) is 4.46. The third kappa shape index (κ3) is 2.91. The molecule has 3 aromatic rings. The molecule has 0 fully saturated rings. The van der Waals surface area contributed by atoms with Gasteiger partial charge in [0.25, 0.3) is 0 Å². The van der Waals surface area contributed by atoms with E-state index in [9.17, 15) is 0 Å². The summed E-state index contributed by atoms with van der Waals surface area (Å²) < 4.78 is 2.15. The Morgan fingerprint density at radius 3 is 2.88 bits per heavy atom. The summed E-state index contributed by atoms with van der Waals surface area (Å²) in [7, 11) is 2.09. The van der Waals surface area contributed by atoms with Crippen LogP contribution in [0, 0.1) is 6.92 Å². The van der Waals surface area contributed by atoms with Crippen molar-refractivity contribution < 1.29 is 0 Å². The number of thioether (sulfide) groups is 1. The Labute approximate surface area is 151 Å². The fraction of sp³-hybridized carbons (Fsp3) is 0.368. The van der Waals surface area contributed by atoms with Gasteiger partial charge in [-0.15, -0.1) is 21.5 Å². The highest BCUT2D eigenvalue weighted by Crippen LogP contribution is 2.36. The van der Waals surface area contributed by atoms with E-state index < -0.39 is 0 Å². The highest BCUT2D eigenvalue weighted by atomic mass is 32.2. The molecule has 24 heavy (non-hydrogen) atoms. The third-order valence-corrected chi connectivity index (χ3v) is 6.91. The highest BCUT2D eigenvalue weighted by molar-refractivity contribution is 7.98. The van der Waals surface area contributed by atoms with Crippen molar-refractivity contribution in [2.24, 2.45) is 7.05 Å². The summed E-state index contributed by atoms with van der Waals surface area (Å²) in [4.78, 5) is 1.55. The summed E-state index contributed by atoms with van der Waals surface area (Å²) in [5, 5.41) is 12.2. The smallest absolute Gasteiger partial charge is 0.191 e. The Hall–Kier alpha value is -1.59. The quantitative estimate of drug-likeness (QED) is 0.616. The van der Waals surface area contributed by atoms with E-state index in [1.54, 1.807) is 16.6 Å². The second-order valence-corrected chi connectivity index (χ2v) is 8.25. The predicted molar refractivity (Wildman–Crippen MR) is 102 cm³/mol. The SMILES string of the molecule is Cc1ccccc1CSc1nnc(-c2csc3c2CCCC3)n1C. The number of hydrogen-bond donors (Lipinski definition) is 0. The van der Waals surface area contributed by atoms with Crippen LogP contribution in [0.2, 0.25) is 0 Å². The normalized spacial score (nSPS) is 13.9. The van der Waals surface area contributed by atoms with Gasteiger partial charge in [-0.2, -0.15) is 0 Å². The fourth-order valence-corrected chi connectivity index (χ4v) is 5.38. The molecule has 0 radical (unpaired) electrons. The molecule has 0 N–H and O–H groups in total. The molecule has 0 saturated carbocycles. The number of rotatable bonds is 4. The van der Waals surface area contributed by atoms with Gasteiger partial charge in [0.1, 0.15) is 0 Å². The molecule has 0 spiro atoms. The lowest BCUT2D eigenvalue weighted by atomic mass is 9.96. The average molecular weight is 356 g/mol. The van der Waals surface area contributed by atoms with E-state index in [1.165, 1.54) is 47.9 Å². The summed E-state index contributed by atoms with van der Waals surface area (Å²) in [6.07, 6.45) is 5.03. The van der Waals surface area contributed by atoms with Crippen molar-refractivity contribution >= 4 is 23.1 Å². The van der Waals surface area contributed by atoms with Crippen LogP contribution in [0.15, 0.2) is 34.8 Å². The van der Waals surface area contributed by atoms with Crippen LogP contribution >= 0.6 is 23.1 Å². The maximum absolute atomic E-state index is 4.50. The molecule has 1 aliphatic rings. The molecule has 1 aromatic carbocycles. The van der Waals surface area contributed by atoms with Crippen molar-refractivity contribution in [2.45, 2.75) is 43.5 Å². The molecule has 0 saturated heterocycles. The summed E-state index contributed by atoms with van der Waals surface area (Å²) in [6, 6.07) is 8.54. The molecular formula is C19H21N3S2. The Bertz CT molecular complexity index is 863. The van der Waals surface area contributed by atoms with Crippen LogP contribution in [0.25, 0.3) is 11.4 Å². The number of aryl methyl sites for hydroxylation is 2. The first-order valence-corrected chi connectivity index (χ1v) is 10.3. The van der Waals surface area contributed by atoms with Crippen LogP contribution in [0.4, 0.5) is 0 Å². The number of hydrogen-bond acceptors (Lipinski definition) is 4. The second-order valence-electron chi connectivity index (χ2n) is 6.34. The summed E-state index contributed by atoms with van der Waals surface area (Å²) in [5.74, 6) is 1.95. The molecule has 0 unspecified atom stereocenters. The fourth-order valence-electron chi connectivity index (χ4n) is 3.27. The Balaban J connectivity index is 1.58. The van der Waals surface area contributed by atoms with Crippen molar-refractivity contribution in [3.8, 4) is 11.4 Å². The highest BCUT2D eigenvalue weighted by Gasteiger charge is 2.20. The summed E-state index contributed by atoms with van der Waals surface area (Å²) >= 11 is 3.65. The molecule has 5 heteroatoms. The lowest BCUT2D eigenvalue weighted by Crippen LogP contribution is -2.02. The zero-order chi connectivity index (χ0) is 16.5. The van der Waals surface area contributed by atoms with Gasteiger partial charge in [0.2, 0.25) is 0 Å². The van der Waals surface area contributed by atoms with Crippen LogP contribution in [-0.4, -0.2) is 14.8 Å². The summed E-state index contributed by atoms with van der Waals surface area (Å²) in [6.45, 7) is 2.16. The van der Waals surface area contributed by atoms with Crippen LogP contribution in [0.5, 0.6) is 0 Å². The lowest BCUT2D eigenvalue weighted by molar-refractivity contribution is 0.696. The molecule has 0 amide bonds. The molecule has 1 aliphatic carbocycles. The van der Waals surface area contributed by atoms with Gasteiger partial charge in [0.05, 0.1) is 0 Å². The first-order chi connectivity index (χ1) is 11.7. The monoisotopic (exact) mass is 355 g/mol. The van der Waals surface area contributed by atoms with Gasteiger partial charge < -0.3 is 4.57 Å². The molecule has 124 valence electrons. The minimum absolute atomic E-state index is 0.931. The number of aromatic nitrogens is 3. The predicted octanol–water partition coefficient (Wildman–Crippen LogP) is 5.02. The van der Waals surface area contributed by atoms with E-state index in [0.29, 0.717) is 0 Å². The lowest BCUT2D eigenvalue weighted by Gasteiger charge is -2.12. The van der Waals surface area contributed by atoms with E-state index in [0.717, 1.165) is 16.7 Å². The maximum atomic E-state index is 4.50. The molecule has 0 aliphatic heterocycles. The first-order valence-electron chi connectivity index (χ1n) is 8.40. The first kappa shape index (κ1) is 15.9. The number of fused-ring (bicyclic) bond motifs is 1. The molecule has 2 aromatic heterocycles. The topological polar surface area (TPSA) is 30.7 Å². The van der Waals surface area contributed by atoms with Gasteiger partial charge in [0.15, 0.2) is 11.0 Å². The van der Waals surface area contributed by atoms with E-state index in [2.05, 4.69) is 58.4 Å². The molecular weight excluding hydrogens is 334 g/mol. The van der Waals surface area contributed by atoms with Gasteiger partial charge in [0, 0.05) is 28.6 Å². The Morgan fingerprint density at radius 2 is 2.00 bits per heavy atom. The zero-order valence-corrected chi connectivity index (χ0v) is 15.7. The second kappa shape index (κ2) is 6.73. The van der Waals surface area contributed by atoms with Crippen molar-refractivity contribution in [3.63, 3.8) is 0 Å².